The van der Waals surface area contributed by atoms with Crippen molar-refractivity contribution in [2.24, 2.45) is 11.1 Å². The van der Waals surface area contributed by atoms with Gasteiger partial charge < -0.3 is 20.7 Å². The summed E-state index contributed by atoms with van der Waals surface area (Å²) in [5.41, 5.74) is 11.1. The van der Waals surface area contributed by atoms with Gasteiger partial charge in [0.2, 0.25) is 5.91 Å². The van der Waals surface area contributed by atoms with Gasteiger partial charge in [0.05, 0.1) is 40.6 Å². The number of piperidine rings is 1. The molecule has 1 atom stereocenters. The fourth-order valence-corrected chi connectivity index (χ4v) is 9.76. The minimum atomic E-state index is -4.56. The van der Waals surface area contributed by atoms with Crippen LogP contribution < -0.4 is 30.9 Å². The van der Waals surface area contributed by atoms with E-state index in [0.717, 1.165) is 54.6 Å². The van der Waals surface area contributed by atoms with Crippen LogP contribution in [0, 0.1) is 5.41 Å². The summed E-state index contributed by atoms with van der Waals surface area (Å²) in [4.78, 5) is 50.2. The maximum absolute atomic E-state index is 14.8. The maximum Gasteiger partial charge on any atom is 0.408 e. The van der Waals surface area contributed by atoms with E-state index in [1.807, 2.05) is 30.3 Å². The second-order valence-electron chi connectivity index (χ2n) is 17.3. The fourth-order valence-electron chi connectivity index (χ4n) is 9.54. The van der Waals surface area contributed by atoms with Crippen molar-refractivity contribution in [2.75, 3.05) is 48.3 Å². The Kier molecular flexibility index (Phi) is 11.9. The molecule has 0 radical (unpaired) electrons. The summed E-state index contributed by atoms with van der Waals surface area (Å²) < 4.78 is 52.2. The fraction of sp³-hybridized carbons (Fsp3) is 0.435. The Bertz CT molecular complexity index is 2560. The molecule has 2 saturated heterocycles. The van der Waals surface area contributed by atoms with E-state index in [2.05, 4.69) is 26.6 Å². The second kappa shape index (κ2) is 17.6. The van der Waals surface area contributed by atoms with Crippen molar-refractivity contribution in [3.05, 3.63) is 88.8 Å². The SMILES string of the molecule is C1CC1.CNc1cc(N2CCc3c(-c4ccc(OC5CCC6(CC5)CCN(C(c5ccc(Cl)c(N7CCC(=O)NC7=O)c5)C(F)(F)F)CC6)cn4)cccc32)nn2c(C(N)=O)cnc12. The molecular weight excluding hydrogens is 849 g/mol. The van der Waals surface area contributed by atoms with Gasteiger partial charge in [-0.1, -0.05) is 49.1 Å². The van der Waals surface area contributed by atoms with E-state index >= 15 is 0 Å². The normalized spacial score (nSPS) is 19.2. The van der Waals surface area contributed by atoms with Crippen LogP contribution in [0.2, 0.25) is 5.02 Å². The number of ether oxygens (including phenoxy) is 1. The molecule has 4 N–H and O–H groups in total. The molecule has 64 heavy (non-hydrogen) atoms. The molecule has 0 bridgehead atoms. The van der Waals surface area contributed by atoms with Crippen molar-refractivity contribution in [1.29, 1.82) is 0 Å². The lowest BCUT2D eigenvalue weighted by Crippen LogP contribution is -2.50. The monoisotopic (exact) mass is 898 g/mol. The summed E-state index contributed by atoms with van der Waals surface area (Å²) in [6, 6.07) is 13.4. The number of pyridine rings is 1. The number of imidazole rings is 1. The topological polar surface area (TPSA) is 163 Å². The zero-order chi connectivity index (χ0) is 44.8. The number of carbonyl (C=O) groups excluding carboxylic acids is 3. The van der Waals surface area contributed by atoms with Gasteiger partial charge in [0.15, 0.2) is 11.5 Å². The molecule has 5 aliphatic rings. The number of urea groups is 1. The Morgan fingerprint density at radius 3 is 2.33 bits per heavy atom. The number of aromatic nitrogens is 4. The third-order valence-electron chi connectivity index (χ3n) is 13.1. The van der Waals surface area contributed by atoms with Crippen LogP contribution in [0.25, 0.3) is 16.9 Å². The highest BCUT2D eigenvalue weighted by molar-refractivity contribution is 6.34. The van der Waals surface area contributed by atoms with Gasteiger partial charge in [-0.15, -0.1) is 5.10 Å². The maximum atomic E-state index is 14.8. The Morgan fingerprint density at radius 1 is 0.922 bits per heavy atom. The number of fused-ring (bicyclic) bond motifs is 2. The third-order valence-corrected chi connectivity index (χ3v) is 13.4. The van der Waals surface area contributed by atoms with E-state index in [1.54, 1.807) is 13.2 Å². The molecule has 10 rings (SSSR count). The van der Waals surface area contributed by atoms with E-state index in [1.165, 1.54) is 58.0 Å². The number of primary amides is 1. The zero-order valence-corrected chi connectivity index (χ0v) is 36.2. The second-order valence-corrected chi connectivity index (χ2v) is 17.7. The molecule has 2 saturated carbocycles. The number of hydrogen-bond acceptors (Lipinski definition) is 10. The van der Waals surface area contributed by atoms with Crippen LogP contribution in [0.5, 0.6) is 5.75 Å². The van der Waals surface area contributed by atoms with Crippen LogP contribution in [0.1, 0.15) is 91.9 Å². The lowest BCUT2D eigenvalue weighted by atomic mass is 9.67. The number of amides is 4. The van der Waals surface area contributed by atoms with Gasteiger partial charge in [-0.25, -0.2) is 14.3 Å². The third kappa shape index (κ3) is 8.79. The molecule has 4 fully saturated rings. The van der Waals surface area contributed by atoms with Crippen molar-refractivity contribution in [1.82, 2.24) is 29.8 Å². The summed E-state index contributed by atoms with van der Waals surface area (Å²) in [6.45, 7) is 1.27. The van der Waals surface area contributed by atoms with Crippen molar-refractivity contribution < 1.29 is 32.3 Å². The van der Waals surface area contributed by atoms with Gasteiger partial charge in [-0.3, -0.25) is 29.7 Å². The molecule has 6 heterocycles. The van der Waals surface area contributed by atoms with Gasteiger partial charge in [0.1, 0.15) is 17.5 Å². The van der Waals surface area contributed by atoms with Gasteiger partial charge in [-0.2, -0.15) is 13.2 Å². The molecule has 2 aliphatic carbocycles. The Morgan fingerprint density at radius 2 is 1.67 bits per heavy atom. The highest BCUT2D eigenvalue weighted by Crippen LogP contribution is 2.49. The standard InChI is InChI=1S/C43H44ClF3N10O4.C3H6/c1-49-32-22-36(53-57-35(39(48)59)24-51-40(32)57)55-17-11-29-28(3-2-4-33(29)55)31-8-6-27(23-50-31)61-26-9-13-42(14-10-26)15-19-54(20-16-42)38(43(45,46)47)25-5-7-30(44)34(21-25)56-18-12-37(58)52-41(56)60;1-2-3-1/h2-8,21-24,26,38,49H,9-20H2,1H3,(H2,48,59)(H,52,58,60);1-3H2. The highest BCUT2D eigenvalue weighted by atomic mass is 35.5. The van der Waals surface area contributed by atoms with E-state index in [0.29, 0.717) is 42.3 Å². The molecule has 5 aromatic rings. The molecular formula is C46H50ClF3N10O4. The molecule has 2 aromatic carbocycles. The van der Waals surface area contributed by atoms with Crippen LogP contribution in [0.3, 0.4) is 0 Å². The first-order chi connectivity index (χ1) is 30.8. The molecule has 3 aliphatic heterocycles. The Hall–Kier alpha value is -5.94. The summed E-state index contributed by atoms with van der Waals surface area (Å²) >= 11 is 6.36. The van der Waals surface area contributed by atoms with Crippen LogP contribution in [0.4, 0.5) is 40.8 Å². The quantitative estimate of drug-likeness (QED) is 0.131. The number of likely N-dealkylation sites (tertiary alicyclic amines) is 1. The van der Waals surface area contributed by atoms with Gasteiger partial charge in [0.25, 0.3) is 5.91 Å². The predicted molar refractivity (Wildman–Crippen MR) is 237 cm³/mol. The van der Waals surface area contributed by atoms with Crippen LogP contribution in [-0.2, 0) is 11.2 Å². The molecule has 14 nitrogen and oxygen atoms in total. The summed E-state index contributed by atoms with van der Waals surface area (Å²) in [6.07, 6.45) is 8.45. The molecule has 336 valence electrons. The van der Waals surface area contributed by atoms with Gasteiger partial charge in [-0.05, 0) is 105 Å². The molecule has 3 aromatic heterocycles. The molecule has 18 heteroatoms. The average molecular weight is 899 g/mol. The number of halogens is 4. The lowest BCUT2D eigenvalue weighted by Gasteiger charge is -2.48. The summed E-state index contributed by atoms with van der Waals surface area (Å²) in [5, 5.41) is 10.2. The van der Waals surface area contributed by atoms with Gasteiger partial charge in [0, 0.05) is 43.9 Å². The van der Waals surface area contributed by atoms with Crippen molar-refractivity contribution in [2.45, 2.75) is 89.0 Å². The number of rotatable bonds is 9. The van der Waals surface area contributed by atoms with E-state index in [-0.39, 0.29) is 59.5 Å². The van der Waals surface area contributed by atoms with Crippen molar-refractivity contribution in [3.8, 4) is 17.0 Å². The first kappa shape index (κ1) is 43.3. The smallest absolute Gasteiger partial charge is 0.408 e. The number of anilines is 4. The number of hydrogen-bond donors (Lipinski definition) is 3. The first-order valence-electron chi connectivity index (χ1n) is 21.9. The number of carbonyl (C=O) groups is 3. The van der Waals surface area contributed by atoms with E-state index < -0.39 is 30.1 Å². The van der Waals surface area contributed by atoms with E-state index in [9.17, 15) is 27.6 Å². The predicted octanol–water partition coefficient (Wildman–Crippen LogP) is 8.60. The first-order valence-corrected chi connectivity index (χ1v) is 22.3. The Labute approximate surface area is 373 Å². The van der Waals surface area contributed by atoms with Crippen molar-refractivity contribution >= 4 is 58.0 Å². The number of benzene rings is 2. The molecule has 1 unspecified atom stereocenters. The van der Waals surface area contributed by atoms with Crippen molar-refractivity contribution in [3.63, 3.8) is 0 Å². The lowest BCUT2D eigenvalue weighted by molar-refractivity contribution is -0.192. The zero-order valence-electron chi connectivity index (χ0n) is 35.5. The minimum absolute atomic E-state index is 0.00800. The number of nitrogens with two attached hydrogens (primary N) is 1. The van der Waals surface area contributed by atoms with Crippen LogP contribution in [0.15, 0.2) is 67.0 Å². The molecule has 4 amide bonds. The van der Waals surface area contributed by atoms with Gasteiger partial charge >= 0.3 is 12.2 Å². The summed E-state index contributed by atoms with van der Waals surface area (Å²) in [5.74, 6) is 0.256. The Balaban J connectivity index is 0.00000166. The van der Waals surface area contributed by atoms with Crippen LogP contribution in [-0.4, -0.2) is 87.8 Å². The average Bonchev–Trinajstić information content (AvgIpc) is 4.00. The van der Waals surface area contributed by atoms with Crippen LogP contribution >= 0.6 is 11.6 Å². The molecule has 1 spiro atoms. The number of nitrogens with zero attached hydrogens (tertiary/aromatic N) is 7. The number of nitrogens with one attached hydrogen (secondary N) is 2. The number of imide groups is 1. The van der Waals surface area contributed by atoms with E-state index in [4.69, 9.17) is 32.2 Å². The number of alkyl halides is 3. The summed E-state index contributed by atoms with van der Waals surface area (Å²) in [7, 11) is 1.79. The largest absolute Gasteiger partial charge is 0.489 e. The minimum Gasteiger partial charge on any atom is -0.489 e. The highest BCUT2D eigenvalue weighted by Gasteiger charge is 2.48.